The number of aromatic amines is 1. The Balaban J connectivity index is 1.69. The third kappa shape index (κ3) is 5.94. The number of H-pyrrole nitrogens is 1. The van der Waals surface area contributed by atoms with Crippen LogP contribution in [0.25, 0.3) is 0 Å². The Bertz CT molecular complexity index is 992. The highest BCUT2D eigenvalue weighted by atomic mass is 19.1. The number of nitrogens with two attached hydrogens (primary N) is 1. The lowest BCUT2D eigenvalue weighted by Gasteiger charge is -2.38. The molecule has 10 heteroatoms. The molecule has 168 valence electrons. The molecular weight excluding hydrogens is 407 g/mol. The lowest BCUT2D eigenvalue weighted by atomic mass is 9.88. The number of likely N-dealkylation sites (tertiary alicyclic amines) is 1. The second-order valence-corrected chi connectivity index (χ2v) is 8.66. The number of halogens is 1. The molecule has 0 spiro atoms. The highest BCUT2D eigenvalue weighted by Gasteiger charge is 2.36. The largest absolute Gasteiger partial charge is 0.444 e. The molecule has 1 aromatic carbocycles. The predicted molar refractivity (Wildman–Crippen MR) is 111 cm³/mol. The molecule has 4 N–H and O–H groups in total. The van der Waals surface area contributed by atoms with Crippen molar-refractivity contribution in [3.8, 4) is 11.6 Å². The number of hydrogen-bond donors (Lipinski definition) is 3. The molecule has 0 atom stereocenters. The molecule has 1 aliphatic rings. The van der Waals surface area contributed by atoms with Crippen LogP contribution in [-0.2, 0) is 11.2 Å². The van der Waals surface area contributed by atoms with Crippen LogP contribution in [0.2, 0.25) is 0 Å². The lowest BCUT2D eigenvalue weighted by Crippen LogP contribution is -2.49. The number of carbonyl (C=O) groups is 1. The topological polar surface area (TPSA) is 131 Å². The molecule has 0 aliphatic carbocycles. The van der Waals surface area contributed by atoms with Gasteiger partial charge in [0.1, 0.15) is 23.0 Å². The number of nitrogens with zero attached hydrogens (tertiary/aromatic N) is 2. The molecule has 1 aromatic heterocycles. The van der Waals surface area contributed by atoms with Crippen LogP contribution in [0, 0.1) is 5.82 Å². The summed E-state index contributed by atoms with van der Waals surface area (Å²) < 4.78 is 24.0. The number of nitrogens with one attached hydrogen (secondary N) is 1. The Morgan fingerprint density at radius 2 is 1.90 bits per heavy atom. The van der Waals surface area contributed by atoms with Gasteiger partial charge in [0.25, 0.3) is 5.56 Å². The van der Waals surface area contributed by atoms with E-state index in [4.69, 9.17) is 15.2 Å². The van der Waals surface area contributed by atoms with Gasteiger partial charge < -0.3 is 30.2 Å². The first kappa shape index (κ1) is 22.5. The summed E-state index contributed by atoms with van der Waals surface area (Å²) in [6, 6.07) is 5.19. The van der Waals surface area contributed by atoms with Crippen LogP contribution in [-0.4, -0.2) is 50.4 Å². The van der Waals surface area contributed by atoms with Gasteiger partial charge in [-0.1, -0.05) is 0 Å². The quantitative estimate of drug-likeness (QED) is 0.674. The van der Waals surface area contributed by atoms with E-state index in [1.807, 2.05) is 0 Å². The van der Waals surface area contributed by atoms with Crippen molar-refractivity contribution in [2.45, 2.75) is 51.2 Å². The second kappa shape index (κ2) is 8.54. The highest BCUT2D eigenvalue weighted by Crippen LogP contribution is 2.28. The number of aromatic nitrogens is 2. The zero-order chi connectivity index (χ0) is 22.8. The smallest absolute Gasteiger partial charge is 0.410 e. The van der Waals surface area contributed by atoms with Crippen LogP contribution in [0.3, 0.4) is 0 Å². The zero-order valence-corrected chi connectivity index (χ0v) is 17.8. The summed E-state index contributed by atoms with van der Waals surface area (Å²) in [4.78, 5) is 32.8. The first-order valence-corrected chi connectivity index (χ1v) is 9.96. The first-order chi connectivity index (χ1) is 14.4. The van der Waals surface area contributed by atoms with Crippen molar-refractivity contribution < 1.29 is 23.8 Å². The van der Waals surface area contributed by atoms with Crippen molar-refractivity contribution in [2.24, 2.45) is 0 Å². The van der Waals surface area contributed by atoms with Crippen molar-refractivity contribution in [1.82, 2.24) is 14.9 Å². The van der Waals surface area contributed by atoms with Gasteiger partial charge in [-0.15, -0.1) is 0 Å². The maximum absolute atomic E-state index is 13.1. The molecule has 0 radical (unpaired) electrons. The molecule has 0 unspecified atom stereocenters. The molecule has 1 amide bonds. The summed E-state index contributed by atoms with van der Waals surface area (Å²) in [5, 5.41) is 11.0. The van der Waals surface area contributed by atoms with Crippen molar-refractivity contribution >= 4 is 11.8 Å². The van der Waals surface area contributed by atoms with E-state index >= 15 is 0 Å². The molecule has 31 heavy (non-hydrogen) atoms. The maximum atomic E-state index is 13.1. The SMILES string of the molecule is CC(C)(C)OC(=O)N1CCC(O)(Cc2nc(Oc3ccc(F)cc3)c(N)c(=O)[nH]2)CC1. The third-order valence-electron chi connectivity index (χ3n) is 4.84. The van der Waals surface area contributed by atoms with Crippen LogP contribution < -0.4 is 16.0 Å². The number of carbonyl (C=O) groups excluding carboxylic acids is 1. The number of nitrogen functional groups attached to an aromatic ring is 1. The lowest BCUT2D eigenvalue weighted by molar-refractivity contribution is -0.0325. The van der Waals surface area contributed by atoms with Gasteiger partial charge in [0.05, 0.1) is 5.60 Å². The molecule has 1 saturated heterocycles. The molecule has 9 nitrogen and oxygen atoms in total. The minimum absolute atomic E-state index is 0.0461. The van der Waals surface area contributed by atoms with Gasteiger partial charge in [-0.3, -0.25) is 4.79 Å². The van der Waals surface area contributed by atoms with Crippen LogP contribution in [0.1, 0.15) is 39.4 Å². The fourth-order valence-electron chi connectivity index (χ4n) is 3.20. The zero-order valence-electron chi connectivity index (χ0n) is 17.8. The van der Waals surface area contributed by atoms with Crippen molar-refractivity contribution in [3.63, 3.8) is 0 Å². The second-order valence-electron chi connectivity index (χ2n) is 8.66. The van der Waals surface area contributed by atoms with E-state index in [0.717, 1.165) is 0 Å². The Hall–Kier alpha value is -3.14. The van der Waals surface area contributed by atoms with Crippen molar-refractivity contribution in [3.05, 3.63) is 46.3 Å². The number of ether oxygens (including phenoxy) is 2. The number of benzene rings is 1. The average molecular weight is 434 g/mol. The molecule has 0 bridgehead atoms. The standard InChI is InChI=1S/C21H27FN4O5/c1-20(2,3)31-19(28)26-10-8-21(29,9-11-26)12-15-24-17(27)16(23)18(25-15)30-14-6-4-13(22)5-7-14/h4-7,29H,8-12,23H2,1-3H3,(H,24,25,27). The molecule has 2 heterocycles. The van der Waals surface area contributed by atoms with Crippen LogP contribution in [0.15, 0.2) is 29.1 Å². The van der Waals surface area contributed by atoms with Gasteiger partial charge in [-0.05, 0) is 57.9 Å². The average Bonchev–Trinajstić information content (AvgIpc) is 2.66. The van der Waals surface area contributed by atoms with Gasteiger partial charge in [0.2, 0.25) is 5.88 Å². The van der Waals surface area contributed by atoms with E-state index in [1.165, 1.54) is 24.3 Å². The summed E-state index contributed by atoms with van der Waals surface area (Å²) in [5.41, 5.74) is 3.18. The fraction of sp³-hybridized carbons (Fsp3) is 0.476. The van der Waals surface area contributed by atoms with Crippen LogP contribution in [0.5, 0.6) is 11.6 Å². The van der Waals surface area contributed by atoms with Gasteiger partial charge in [-0.2, -0.15) is 4.98 Å². The number of anilines is 1. The monoisotopic (exact) mass is 434 g/mol. The minimum Gasteiger partial charge on any atom is -0.444 e. The number of hydrogen-bond acceptors (Lipinski definition) is 7. The van der Waals surface area contributed by atoms with E-state index < -0.39 is 28.7 Å². The normalized spacial score (nSPS) is 16.1. The summed E-state index contributed by atoms with van der Waals surface area (Å²) in [6.45, 7) is 5.99. The maximum Gasteiger partial charge on any atom is 0.410 e. The van der Waals surface area contributed by atoms with Gasteiger partial charge >= 0.3 is 6.09 Å². The molecule has 1 aliphatic heterocycles. The fourth-order valence-corrected chi connectivity index (χ4v) is 3.20. The van der Waals surface area contributed by atoms with Crippen molar-refractivity contribution in [2.75, 3.05) is 18.8 Å². The van der Waals surface area contributed by atoms with Gasteiger partial charge in [0, 0.05) is 19.5 Å². The van der Waals surface area contributed by atoms with Crippen molar-refractivity contribution in [1.29, 1.82) is 0 Å². The van der Waals surface area contributed by atoms with E-state index in [1.54, 1.807) is 25.7 Å². The summed E-state index contributed by atoms with van der Waals surface area (Å²) >= 11 is 0. The number of amides is 1. The first-order valence-electron chi connectivity index (χ1n) is 9.96. The van der Waals surface area contributed by atoms with E-state index in [0.29, 0.717) is 13.1 Å². The summed E-state index contributed by atoms with van der Waals surface area (Å²) in [5.74, 6) is -0.0916. The predicted octanol–water partition coefficient (Wildman–Crippen LogP) is 2.59. The molecular formula is C21H27FN4O5. The van der Waals surface area contributed by atoms with Gasteiger partial charge in [-0.25, -0.2) is 9.18 Å². The highest BCUT2D eigenvalue weighted by molar-refractivity contribution is 5.68. The van der Waals surface area contributed by atoms with E-state index in [-0.39, 0.29) is 42.4 Å². The molecule has 3 rings (SSSR count). The molecule has 1 fully saturated rings. The van der Waals surface area contributed by atoms with Crippen LogP contribution >= 0.6 is 0 Å². The third-order valence-corrected chi connectivity index (χ3v) is 4.84. The molecule has 0 saturated carbocycles. The van der Waals surface area contributed by atoms with E-state index in [2.05, 4.69) is 9.97 Å². The number of piperidine rings is 1. The minimum atomic E-state index is -1.17. The summed E-state index contributed by atoms with van der Waals surface area (Å²) in [7, 11) is 0. The Morgan fingerprint density at radius 1 is 1.29 bits per heavy atom. The molecule has 2 aromatic rings. The van der Waals surface area contributed by atoms with E-state index in [9.17, 15) is 19.1 Å². The van der Waals surface area contributed by atoms with Crippen LogP contribution in [0.4, 0.5) is 14.9 Å². The van der Waals surface area contributed by atoms with Gasteiger partial charge in [0.15, 0.2) is 5.69 Å². The summed E-state index contributed by atoms with van der Waals surface area (Å²) in [6.07, 6.45) is 0.191. The number of aliphatic hydroxyl groups is 1. The number of rotatable bonds is 4. The Morgan fingerprint density at radius 3 is 2.48 bits per heavy atom. The Kier molecular flexibility index (Phi) is 6.21. The Labute approximate surface area is 179 Å².